The van der Waals surface area contributed by atoms with Gasteiger partial charge < -0.3 is 5.11 Å². The Morgan fingerprint density at radius 1 is 1.38 bits per heavy atom. The number of hydrogen-bond acceptors (Lipinski definition) is 3. The Morgan fingerprint density at radius 2 is 2.10 bits per heavy atom. The van der Waals surface area contributed by atoms with Crippen LogP contribution in [0.1, 0.15) is 43.1 Å². The zero-order valence-electron chi connectivity index (χ0n) is 12.4. The Hall–Kier alpha value is -2.11. The molecule has 2 aromatic rings. The fraction of sp³-hybridized carbons (Fsp3) is 0.533. The highest BCUT2D eigenvalue weighted by Gasteiger charge is 2.23. The van der Waals surface area contributed by atoms with Gasteiger partial charge in [-0.2, -0.15) is 10.2 Å². The van der Waals surface area contributed by atoms with E-state index in [0.29, 0.717) is 6.04 Å². The van der Waals surface area contributed by atoms with Gasteiger partial charge in [-0.05, 0) is 32.8 Å². The van der Waals surface area contributed by atoms with Crippen molar-refractivity contribution in [3.05, 3.63) is 23.7 Å². The molecular formula is C15H20N4O2. The summed E-state index contributed by atoms with van der Waals surface area (Å²) < 4.78 is 3.65. The van der Waals surface area contributed by atoms with Crippen LogP contribution in [0.2, 0.25) is 0 Å². The molecule has 6 heteroatoms. The largest absolute Gasteiger partial charge is 0.480 e. The molecule has 1 aliphatic carbocycles. The Labute approximate surface area is 123 Å². The topological polar surface area (TPSA) is 72.9 Å². The fourth-order valence-corrected chi connectivity index (χ4v) is 3.30. The molecule has 112 valence electrons. The SMILES string of the molecule is Cc1nn(CC(=O)O)c(C)c1-c1ccnn1C1CCCC1. The lowest BCUT2D eigenvalue weighted by molar-refractivity contribution is -0.137. The first-order chi connectivity index (χ1) is 10.1. The molecule has 0 aliphatic heterocycles. The summed E-state index contributed by atoms with van der Waals surface area (Å²) in [5.74, 6) is -0.878. The van der Waals surface area contributed by atoms with E-state index >= 15 is 0 Å². The average molecular weight is 288 g/mol. The molecule has 1 N–H and O–H groups in total. The zero-order valence-corrected chi connectivity index (χ0v) is 12.4. The Bertz CT molecular complexity index is 665. The predicted molar refractivity (Wildman–Crippen MR) is 78.1 cm³/mol. The Kier molecular flexibility index (Phi) is 3.53. The summed E-state index contributed by atoms with van der Waals surface area (Å²) in [6.07, 6.45) is 6.65. The number of carbonyl (C=O) groups is 1. The van der Waals surface area contributed by atoms with Crippen LogP contribution in [-0.4, -0.2) is 30.6 Å². The second kappa shape index (κ2) is 5.35. The molecule has 1 saturated carbocycles. The molecule has 0 unspecified atom stereocenters. The summed E-state index contributed by atoms with van der Waals surface area (Å²) >= 11 is 0. The monoisotopic (exact) mass is 288 g/mol. The van der Waals surface area contributed by atoms with E-state index < -0.39 is 5.97 Å². The molecule has 0 aromatic carbocycles. The van der Waals surface area contributed by atoms with Crippen molar-refractivity contribution in [1.29, 1.82) is 0 Å². The number of carboxylic acid groups (broad SMARTS) is 1. The lowest BCUT2D eigenvalue weighted by Gasteiger charge is -2.14. The van der Waals surface area contributed by atoms with E-state index in [1.807, 2.05) is 26.1 Å². The maximum Gasteiger partial charge on any atom is 0.325 e. The first-order valence-electron chi connectivity index (χ1n) is 7.37. The fourth-order valence-electron chi connectivity index (χ4n) is 3.30. The first kappa shape index (κ1) is 13.9. The molecule has 0 spiro atoms. The highest BCUT2D eigenvalue weighted by molar-refractivity contribution is 5.69. The quantitative estimate of drug-likeness (QED) is 0.938. The minimum atomic E-state index is -0.878. The summed E-state index contributed by atoms with van der Waals surface area (Å²) in [6.45, 7) is 3.74. The highest BCUT2D eigenvalue weighted by atomic mass is 16.4. The van der Waals surface area contributed by atoms with Gasteiger partial charge >= 0.3 is 5.97 Å². The van der Waals surface area contributed by atoms with Crippen molar-refractivity contribution < 1.29 is 9.90 Å². The number of carboxylic acids is 1. The van der Waals surface area contributed by atoms with Crippen molar-refractivity contribution in [2.75, 3.05) is 0 Å². The van der Waals surface area contributed by atoms with E-state index in [0.717, 1.165) is 35.5 Å². The molecule has 21 heavy (non-hydrogen) atoms. The van der Waals surface area contributed by atoms with Gasteiger partial charge in [0.2, 0.25) is 0 Å². The molecule has 0 radical (unpaired) electrons. The van der Waals surface area contributed by atoms with E-state index in [4.69, 9.17) is 5.11 Å². The number of rotatable bonds is 4. The van der Waals surface area contributed by atoms with Crippen molar-refractivity contribution in [3.63, 3.8) is 0 Å². The summed E-state index contributed by atoms with van der Waals surface area (Å²) in [7, 11) is 0. The maximum absolute atomic E-state index is 10.9. The molecule has 2 heterocycles. The highest BCUT2D eigenvalue weighted by Crippen LogP contribution is 2.34. The predicted octanol–water partition coefficient (Wildman–Crippen LogP) is 2.56. The van der Waals surface area contributed by atoms with E-state index in [1.165, 1.54) is 12.8 Å². The van der Waals surface area contributed by atoms with Crippen LogP contribution in [0.4, 0.5) is 0 Å². The minimum Gasteiger partial charge on any atom is -0.480 e. The third kappa shape index (κ3) is 2.46. The molecular weight excluding hydrogens is 268 g/mol. The molecule has 3 rings (SSSR count). The Balaban J connectivity index is 2.03. The number of aryl methyl sites for hydroxylation is 1. The van der Waals surface area contributed by atoms with Crippen molar-refractivity contribution in [3.8, 4) is 11.3 Å². The van der Waals surface area contributed by atoms with Crippen LogP contribution in [0.15, 0.2) is 12.3 Å². The van der Waals surface area contributed by atoms with Gasteiger partial charge in [0, 0.05) is 17.5 Å². The smallest absolute Gasteiger partial charge is 0.325 e. The van der Waals surface area contributed by atoms with Crippen LogP contribution in [-0.2, 0) is 11.3 Å². The number of aliphatic carboxylic acids is 1. The van der Waals surface area contributed by atoms with Crippen LogP contribution in [0.3, 0.4) is 0 Å². The van der Waals surface area contributed by atoms with Gasteiger partial charge in [0.15, 0.2) is 0 Å². The molecule has 1 aliphatic rings. The van der Waals surface area contributed by atoms with Gasteiger partial charge in [0.1, 0.15) is 6.54 Å². The van der Waals surface area contributed by atoms with Gasteiger partial charge in [-0.15, -0.1) is 0 Å². The van der Waals surface area contributed by atoms with Crippen molar-refractivity contribution in [2.45, 2.75) is 52.1 Å². The number of aromatic nitrogens is 4. The molecule has 0 saturated heterocycles. The lowest BCUT2D eigenvalue weighted by Crippen LogP contribution is -2.12. The van der Waals surface area contributed by atoms with Crippen LogP contribution in [0, 0.1) is 13.8 Å². The van der Waals surface area contributed by atoms with Crippen LogP contribution >= 0.6 is 0 Å². The van der Waals surface area contributed by atoms with Gasteiger partial charge in [-0.25, -0.2) is 0 Å². The molecule has 0 bridgehead atoms. The van der Waals surface area contributed by atoms with Crippen LogP contribution in [0.5, 0.6) is 0 Å². The summed E-state index contributed by atoms with van der Waals surface area (Å²) in [5, 5.41) is 17.8. The van der Waals surface area contributed by atoms with Gasteiger partial charge in [-0.3, -0.25) is 14.2 Å². The van der Waals surface area contributed by atoms with Crippen LogP contribution in [0.25, 0.3) is 11.3 Å². The van der Waals surface area contributed by atoms with Gasteiger partial charge in [0.05, 0.1) is 17.4 Å². The zero-order chi connectivity index (χ0) is 15.0. The van der Waals surface area contributed by atoms with Gasteiger partial charge in [0.25, 0.3) is 0 Å². The molecule has 1 fully saturated rings. The molecule has 0 amide bonds. The third-order valence-corrected chi connectivity index (χ3v) is 4.26. The summed E-state index contributed by atoms with van der Waals surface area (Å²) in [6, 6.07) is 2.46. The average Bonchev–Trinajstić information content (AvgIpc) is 3.10. The number of nitrogens with zero attached hydrogens (tertiary/aromatic N) is 4. The van der Waals surface area contributed by atoms with Gasteiger partial charge in [-0.1, -0.05) is 12.8 Å². The Morgan fingerprint density at radius 3 is 2.76 bits per heavy atom. The second-order valence-corrected chi connectivity index (χ2v) is 5.70. The number of hydrogen-bond donors (Lipinski definition) is 1. The van der Waals surface area contributed by atoms with Crippen molar-refractivity contribution >= 4 is 5.97 Å². The van der Waals surface area contributed by atoms with Crippen molar-refractivity contribution in [1.82, 2.24) is 19.6 Å². The lowest BCUT2D eigenvalue weighted by atomic mass is 10.1. The van der Waals surface area contributed by atoms with E-state index in [-0.39, 0.29) is 6.54 Å². The molecule has 0 atom stereocenters. The minimum absolute atomic E-state index is 0.107. The first-order valence-corrected chi connectivity index (χ1v) is 7.37. The summed E-state index contributed by atoms with van der Waals surface area (Å²) in [4.78, 5) is 10.9. The van der Waals surface area contributed by atoms with E-state index in [2.05, 4.69) is 14.9 Å². The van der Waals surface area contributed by atoms with E-state index in [9.17, 15) is 4.79 Å². The normalized spacial score (nSPS) is 15.7. The third-order valence-electron chi connectivity index (χ3n) is 4.26. The van der Waals surface area contributed by atoms with Crippen LogP contribution < -0.4 is 0 Å². The summed E-state index contributed by atoms with van der Waals surface area (Å²) in [5.41, 5.74) is 3.80. The maximum atomic E-state index is 10.9. The van der Waals surface area contributed by atoms with Crippen molar-refractivity contribution in [2.24, 2.45) is 0 Å². The molecule has 6 nitrogen and oxygen atoms in total. The second-order valence-electron chi connectivity index (χ2n) is 5.70. The molecule has 2 aromatic heterocycles. The van der Waals surface area contributed by atoms with E-state index in [1.54, 1.807) is 4.68 Å². The standard InChI is InChI=1S/C15H20N4O2/c1-10-15(11(2)18(17-10)9-14(20)21)13-7-8-16-19(13)12-5-3-4-6-12/h7-8,12H,3-6,9H2,1-2H3,(H,20,21).